The molecule has 14 heavy (non-hydrogen) atoms. The number of hydrogen-bond acceptors (Lipinski definition) is 2. The van der Waals surface area contributed by atoms with Crippen molar-refractivity contribution in [1.29, 1.82) is 0 Å². The Morgan fingerprint density at radius 3 is 2.21 bits per heavy atom. The van der Waals surface area contributed by atoms with Crippen LogP contribution in [-0.4, -0.2) is 16.6 Å². The molecule has 3 nitrogen and oxygen atoms in total. The maximum atomic E-state index is 11.4. The molecule has 2 rings (SSSR count). The third-order valence-electron chi connectivity index (χ3n) is 5.30. The van der Waals surface area contributed by atoms with E-state index in [0.29, 0.717) is 12.3 Å². The average Bonchev–Trinajstić information content (AvgIpc) is 2.36. The first-order valence-electron chi connectivity index (χ1n) is 5.28. The van der Waals surface area contributed by atoms with E-state index in [2.05, 4.69) is 13.8 Å². The van der Waals surface area contributed by atoms with Crippen molar-refractivity contribution in [1.82, 2.24) is 0 Å². The van der Waals surface area contributed by atoms with Crippen LogP contribution in [0.1, 0.15) is 40.0 Å². The van der Waals surface area contributed by atoms with E-state index >= 15 is 0 Å². The number of carbonyl (C=O) groups excluding carboxylic acids is 1. The Morgan fingerprint density at radius 1 is 1.43 bits per heavy atom. The predicted octanol–water partition coefficient (Wildman–Crippen LogP) is 1.05. The molecular formula is C11H19NO2. The molecular weight excluding hydrogens is 178 g/mol. The van der Waals surface area contributed by atoms with Crippen LogP contribution in [0, 0.1) is 16.7 Å². The van der Waals surface area contributed by atoms with Crippen molar-refractivity contribution in [3.8, 4) is 0 Å². The van der Waals surface area contributed by atoms with Gasteiger partial charge in [-0.1, -0.05) is 20.8 Å². The monoisotopic (exact) mass is 197 g/mol. The van der Waals surface area contributed by atoms with E-state index in [1.165, 1.54) is 0 Å². The molecule has 3 atom stereocenters. The Labute approximate surface area is 84.7 Å². The number of primary amides is 1. The minimum atomic E-state index is -1.28. The van der Waals surface area contributed by atoms with Crippen LogP contribution in [0.15, 0.2) is 0 Å². The lowest BCUT2D eigenvalue weighted by atomic mass is 9.64. The first-order chi connectivity index (χ1) is 6.26. The van der Waals surface area contributed by atoms with Crippen LogP contribution in [0.2, 0.25) is 0 Å². The summed E-state index contributed by atoms with van der Waals surface area (Å²) in [5.41, 5.74) is 3.75. The molecule has 2 aliphatic carbocycles. The normalized spacial score (nSPS) is 49.6. The van der Waals surface area contributed by atoms with Crippen molar-refractivity contribution in [2.45, 2.75) is 45.6 Å². The highest BCUT2D eigenvalue weighted by molar-refractivity contribution is 5.85. The quantitative estimate of drug-likeness (QED) is 0.660. The fraction of sp³-hybridized carbons (Fsp3) is 0.909. The minimum absolute atomic E-state index is 0.0246. The van der Waals surface area contributed by atoms with Crippen LogP contribution in [0.4, 0.5) is 0 Å². The number of hydrogen-bond donors (Lipinski definition) is 2. The largest absolute Gasteiger partial charge is 0.379 e. The summed E-state index contributed by atoms with van der Waals surface area (Å²) in [5, 5.41) is 10.4. The molecule has 1 amide bonds. The van der Waals surface area contributed by atoms with Gasteiger partial charge in [-0.2, -0.15) is 0 Å². The van der Waals surface area contributed by atoms with Crippen LogP contribution in [-0.2, 0) is 4.79 Å². The zero-order chi connectivity index (χ0) is 10.8. The number of carbonyl (C=O) groups is 1. The molecule has 3 N–H and O–H groups in total. The molecule has 0 aromatic carbocycles. The van der Waals surface area contributed by atoms with Crippen LogP contribution in [0.3, 0.4) is 0 Å². The van der Waals surface area contributed by atoms with Gasteiger partial charge in [0.15, 0.2) is 0 Å². The first-order valence-corrected chi connectivity index (χ1v) is 5.28. The van der Waals surface area contributed by atoms with E-state index in [-0.39, 0.29) is 10.8 Å². The van der Waals surface area contributed by atoms with Crippen LogP contribution < -0.4 is 5.73 Å². The van der Waals surface area contributed by atoms with Gasteiger partial charge < -0.3 is 10.8 Å². The smallest absolute Gasteiger partial charge is 0.249 e. The Balaban J connectivity index is 2.50. The van der Waals surface area contributed by atoms with Gasteiger partial charge in [-0.15, -0.1) is 0 Å². The highest BCUT2D eigenvalue weighted by Crippen LogP contribution is 2.69. The summed E-state index contributed by atoms with van der Waals surface area (Å²) in [5.74, 6) is -0.111. The molecule has 2 fully saturated rings. The summed E-state index contributed by atoms with van der Waals surface area (Å²) in [6.45, 7) is 6.29. The number of rotatable bonds is 1. The van der Waals surface area contributed by atoms with Gasteiger partial charge in [0.25, 0.3) is 0 Å². The Hall–Kier alpha value is -0.570. The molecule has 2 aliphatic rings. The maximum Gasteiger partial charge on any atom is 0.249 e. The lowest BCUT2D eigenvalue weighted by molar-refractivity contribution is -0.154. The molecule has 0 aliphatic heterocycles. The number of amides is 1. The molecule has 0 aromatic rings. The highest BCUT2D eigenvalue weighted by Gasteiger charge is 2.70. The Bertz CT molecular complexity index is 300. The minimum Gasteiger partial charge on any atom is -0.379 e. The van der Waals surface area contributed by atoms with Gasteiger partial charge in [0.2, 0.25) is 5.91 Å². The molecule has 3 unspecified atom stereocenters. The zero-order valence-corrected chi connectivity index (χ0v) is 9.13. The van der Waals surface area contributed by atoms with E-state index in [1.807, 2.05) is 6.92 Å². The van der Waals surface area contributed by atoms with Crippen molar-refractivity contribution >= 4 is 5.91 Å². The van der Waals surface area contributed by atoms with Crippen molar-refractivity contribution in [3.63, 3.8) is 0 Å². The van der Waals surface area contributed by atoms with Crippen LogP contribution in [0.25, 0.3) is 0 Å². The third kappa shape index (κ3) is 0.761. The van der Waals surface area contributed by atoms with E-state index in [0.717, 1.165) is 12.8 Å². The molecule has 0 saturated heterocycles. The van der Waals surface area contributed by atoms with Crippen molar-refractivity contribution in [3.05, 3.63) is 0 Å². The van der Waals surface area contributed by atoms with Gasteiger partial charge in [0, 0.05) is 5.41 Å². The summed E-state index contributed by atoms with van der Waals surface area (Å²) < 4.78 is 0. The second-order valence-electron chi connectivity index (χ2n) is 5.72. The summed E-state index contributed by atoms with van der Waals surface area (Å²) in [7, 11) is 0. The molecule has 3 heteroatoms. The standard InChI is InChI=1S/C11H19NO2/c1-9(2)7-4-5-10(9,3)11(14,6-7)8(12)13/h7,14H,4-6H2,1-3H3,(H2,12,13). The number of fused-ring (bicyclic) bond motifs is 2. The Kier molecular flexibility index (Phi) is 1.65. The van der Waals surface area contributed by atoms with E-state index < -0.39 is 11.5 Å². The molecule has 0 aromatic heterocycles. The molecule has 0 radical (unpaired) electrons. The predicted molar refractivity (Wildman–Crippen MR) is 53.4 cm³/mol. The zero-order valence-electron chi connectivity index (χ0n) is 9.13. The first kappa shape index (κ1) is 9.97. The number of aliphatic hydroxyl groups is 1. The summed E-state index contributed by atoms with van der Waals surface area (Å²) in [6.07, 6.45) is 2.56. The van der Waals surface area contributed by atoms with E-state index in [4.69, 9.17) is 5.73 Å². The second kappa shape index (κ2) is 2.32. The molecule has 2 bridgehead atoms. The van der Waals surface area contributed by atoms with E-state index in [9.17, 15) is 9.90 Å². The van der Waals surface area contributed by atoms with Gasteiger partial charge in [0.1, 0.15) is 5.60 Å². The molecule has 2 saturated carbocycles. The SMILES string of the molecule is CC1(C)C2CCC1(C)C(O)(C(N)=O)C2. The van der Waals surface area contributed by atoms with Crippen molar-refractivity contribution < 1.29 is 9.90 Å². The maximum absolute atomic E-state index is 11.4. The van der Waals surface area contributed by atoms with Gasteiger partial charge in [-0.05, 0) is 30.6 Å². The third-order valence-corrected chi connectivity index (χ3v) is 5.30. The topological polar surface area (TPSA) is 63.3 Å². The molecule has 0 heterocycles. The average molecular weight is 197 g/mol. The molecule has 0 spiro atoms. The second-order valence-corrected chi connectivity index (χ2v) is 5.72. The summed E-state index contributed by atoms with van der Waals surface area (Å²) >= 11 is 0. The Morgan fingerprint density at radius 2 is 2.00 bits per heavy atom. The van der Waals surface area contributed by atoms with Crippen LogP contribution >= 0.6 is 0 Å². The van der Waals surface area contributed by atoms with Crippen molar-refractivity contribution in [2.75, 3.05) is 0 Å². The van der Waals surface area contributed by atoms with E-state index in [1.54, 1.807) is 0 Å². The summed E-state index contributed by atoms with van der Waals surface area (Å²) in [4.78, 5) is 11.4. The fourth-order valence-corrected chi connectivity index (χ4v) is 3.65. The highest BCUT2D eigenvalue weighted by atomic mass is 16.3. The van der Waals surface area contributed by atoms with Crippen molar-refractivity contribution in [2.24, 2.45) is 22.5 Å². The summed E-state index contributed by atoms with van der Waals surface area (Å²) in [6, 6.07) is 0. The van der Waals surface area contributed by atoms with Crippen LogP contribution in [0.5, 0.6) is 0 Å². The van der Waals surface area contributed by atoms with Gasteiger partial charge in [0.05, 0.1) is 0 Å². The van der Waals surface area contributed by atoms with Gasteiger partial charge >= 0.3 is 0 Å². The lowest BCUT2D eigenvalue weighted by Gasteiger charge is -2.43. The molecule has 80 valence electrons. The van der Waals surface area contributed by atoms with Gasteiger partial charge in [-0.25, -0.2) is 0 Å². The lowest BCUT2D eigenvalue weighted by Crippen LogP contribution is -2.55. The fourth-order valence-electron chi connectivity index (χ4n) is 3.65. The van der Waals surface area contributed by atoms with Gasteiger partial charge in [-0.3, -0.25) is 4.79 Å². The number of nitrogens with two attached hydrogens (primary N) is 1.